The van der Waals surface area contributed by atoms with Crippen molar-refractivity contribution < 1.29 is 5.11 Å². The third kappa shape index (κ3) is 3.14. The molecule has 0 atom stereocenters. The largest absolute Gasteiger partial charge is 0.511 e. The minimum absolute atomic E-state index is 0.190. The molecule has 1 N–H and O–H groups in total. The van der Waals surface area contributed by atoms with Crippen LogP contribution in [0.4, 0.5) is 0 Å². The summed E-state index contributed by atoms with van der Waals surface area (Å²) < 4.78 is 0. The standard InChI is InChI=1S/C3H5NO2/c1-3(5)2-4-6/h5H,1-2H2. The number of nitrogens with zero attached hydrogens (tertiary/aromatic N) is 1. The summed E-state index contributed by atoms with van der Waals surface area (Å²) in [7, 11) is 0. The van der Waals surface area contributed by atoms with Gasteiger partial charge >= 0.3 is 0 Å². The summed E-state index contributed by atoms with van der Waals surface area (Å²) in [6.07, 6.45) is 0. The fourth-order valence-corrected chi connectivity index (χ4v) is 0.0745. The molecule has 6 heavy (non-hydrogen) atoms. The van der Waals surface area contributed by atoms with E-state index >= 15 is 0 Å². The smallest absolute Gasteiger partial charge is 0.137 e. The molecule has 0 amide bonds. The van der Waals surface area contributed by atoms with Gasteiger partial charge in [-0.05, 0) is 0 Å². The van der Waals surface area contributed by atoms with Crippen LogP contribution in [-0.2, 0) is 0 Å². The van der Waals surface area contributed by atoms with Crippen LogP contribution >= 0.6 is 0 Å². The summed E-state index contributed by atoms with van der Waals surface area (Å²) in [5.74, 6) is -0.190. The van der Waals surface area contributed by atoms with Gasteiger partial charge in [0.15, 0.2) is 0 Å². The Bertz CT molecular complexity index is 69.2. The zero-order valence-corrected chi connectivity index (χ0v) is 3.22. The van der Waals surface area contributed by atoms with Crippen LogP contribution < -0.4 is 0 Å². The highest BCUT2D eigenvalue weighted by Gasteiger charge is 1.79. The van der Waals surface area contributed by atoms with E-state index in [0.29, 0.717) is 0 Å². The van der Waals surface area contributed by atoms with E-state index in [-0.39, 0.29) is 12.3 Å². The van der Waals surface area contributed by atoms with Gasteiger partial charge in [0, 0.05) is 0 Å². The molecular formula is C3H5NO2. The van der Waals surface area contributed by atoms with E-state index in [1.165, 1.54) is 0 Å². The highest BCUT2D eigenvalue weighted by Crippen LogP contribution is 1.78. The van der Waals surface area contributed by atoms with Crippen molar-refractivity contribution in [3.05, 3.63) is 17.2 Å². The molecule has 0 rings (SSSR count). The first-order chi connectivity index (χ1) is 2.77. The van der Waals surface area contributed by atoms with Crippen LogP contribution in [-0.4, -0.2) is 11.7 Å². The lowest BCUT2D eigenvalue weighted by Gasteiger charge is -1.78. The van der Waals surface area contributed by atoms with Crippen molar-refractivity contribution in [2.45, 2.75) is 0 Å². The Morgan fingerprint density at radius 2 is 2.50 bits per heavy atom. The van der Waals surface area contributed by atoms with E-state index in [4.69, 9.17) is 10.0 Å². The van der Waals surface area contributed by atoms with Gasteiger partial charge in [-0.2, -0.15) is 4.91 Å². The molecule has 0 heterocycles. The Morgan fingerprint density at radius 3 is 2.50 bits per heavy atom. The van der Waals surface area contributed by atoms with Gasteiger partial charge in [-0.1, -0.05) is 11.8 Å². The van der Waals surface area contributed by atoms with Crippen LogP contribution in [0, 0.1) is 4.91 Å². The summed E-state index contributed by atoms with van der Waals surface area (Å²) in [6, 6.07) is 0. The maximum Gasteiger partial charge on any atom is 0.137 e. The van der Waals surface area contributed by atoms with Gasteiger partial charge in [-0.3, -0.25) is 0 Å². The molecule has 3 nitrogen and oxygen atoms in total. The van der Waals surface area contributed by atoms with Gasteiger partial charge in [0.25, 0.3) is 0 Å². The maximum atomic E-state index is 9.14. The Kier molecular flexibility index (Phi) is 2.04. The molecule has 0 fully saturated rings. The number of nitroso groups, excluding NO2 is 1. The predicted octanol–water partition coefficient (Wildman–Crippen LogP) is 0.825. The summed E-state index contributed by atoms with van der Waals surface area (Å²) >= 11 is 0. The Balaban J connectivity index is 3.05. The fraction of sp³-hybridized carbons (Fsp3) is 0.333. The first kappa shape index (κ1) is 5.14. The lowest BCUT2D eigenvalue weighted by atomic mass is 10.6. The molecule has 3 heteroatoms. The number of aliphatic hydroxyl groups excluding tert-OH is 1. The van der Waals surface area contributed by atoms with E-state index in [1.807, 2.05) is 0 Å². The van der Waals surface area contributed by atoms with Gasteiger partial charge in [-0.25, -0.2) is 0 Å². The molecule has 0 aromatic heterocycles. The van der Waals surface area contributed by atoms with Gasteiger partial charge < -0.3 is 5.11 Å². The molecule has 0 aliphatic heterocycles. The lowest BCUT2D eigenvalue weighted by molar-refractivity contribution is 0.406. The van der Waals surface area contributed by atoms with E-state index in [1.54, 1.807) is 0 Å². The van der Waals surface area contributed by atoms with Crippen molar-refractivity contribution in [2.24, 2.45) is 5.18 Å². The highest BCUT2D eigenvalue weighted by molar-refractivity contribution is 4.80. The fourth-order valence-electron chi connectivity index (χ4n) is 0.0745. The quantitative estimate of drug-likeness (QED) is 0.400. The van der Waals surface area contributed by atoms with Crippen LogP contribution in [0.1, 0.15) is 0 Å². The van der Waals surface area contributed by atoms with Crippen molar-refractivity contribution in [3.63, 3.8) is 0 Å². The minimum atomic E-state index is -0.194. The molecule has 0 aromatic carbocycles. The highest BCUT2D eigenvalue weighted by atomic mass is 16.3. The summed E-state index contributed by atoms with van der Waals surface area (Å²) in [6.45, 7) is 2.81. The van der Waals surface area contributed by atoms with E-state index in [0.717, 1.165) is 0 Å². The molecule has 0 unspecified atom stereocenters. The second kappa shape index (κ2) is 2.38. The summed E-state index contributed by atoms with van der Waals surface area (Å²) in [5.41, 5.74) is 0. The number of hydrogen-bond acceptors (Lipinski definition) is 3. The van der Waals surface area contributed by atoms with E-state index < -0.39 is 0 Å². The number of hydrogen-bond donors (Lipinski definition) is 1. The topological polar surface area (TPSA) is 49.7 Å². The number of aliphatic hydroxyl groups is 1. The van der Waals surface area contributed by atoms with Crippen LogP contribution in [0.25, 0.3) is 0 Å². The monoisotopic (exact) mass is 87.0 g/mol. The van der Waals surface area contributed by atoms with Crippen molar-refractivity contribution in [1.82, 2.24) is 0 Å². The van der Waals surface area contributed by atoms with E-state index in [2.05, 4.69) is 11.8 Å². The average Bonchev–Trinajstić information content (AvgIpc) is 1.35. The molecule has 0 radical (unpaired) electrons. The van der Waals surface area contributed by atoms with E-state index in [9.17, 15) is 0 Å². The molecule has 0 aliphatic carbocycles. The zero-order valence-electron chi connectivity index (χ0n) is 3.22. The third-order valence-electron chi connectivity index (χ3n) is 0.247. The summed E-state index contributed by atoms with van der Waals surface area (Å²) in [4.78, 5) is 9.14. The second-order valence-corrected chi connectivity index (χ2v) is 0.853. The molecule has 34 valence electrons. The molecule has 0 spiro atoms. The Hall–Kier alpha value is -0.860. The van der Waals surface area contributed by atoms with Crippen LogP contribution in [0.5, 0.6) is 0 Å². The molecule has 0 saturated heterocycles. The Morgan fingerprint density at radius 1 is 2.00 bits per heavy atom. The molecule has 0 aliphatic rings. The molecule has 0 aromatic rings. The van der Waals surface area contributed by atoms with Crippen molar-refractivity contribution in [1.29, 1.82) is 0 Å². The van der Waals surface area contributed by atoms with Crippen molar-refractivity contribution in [3.8, 4) is 0 Å². The van der Waals surface area contributed by atoms with Crippen LogP contribution in [0.2, 0.25) is 0 Å². The van der Waals surface area contributed by atoms with Gasteiger partial charge in [-0.15, -0.1) is 0 Å². The molecule has 0 bridgehead atoms. The first-order valence-electron chi connectivity index (χ1n) is 1.43. The van der Waals surface area contributed by atoms with Gasteiger partial charge in [0.2, 0.25) is 0 Å². The number of rotatable bonds is 2. The Labute approximate surface area is 35.3 Å². The summed E-state index contributed by atoms with van der Waals surface area (Å²) in [5, 5.41) is 10.4. The second-order valence-electron chi connectivity index (χ2n) is 0.853. The van der Waals surface area contributed by atoms with Crippen molar-refractivity contribution in [2.75, 3.05) is 6.54 Å². The van der Waals surface area contributed by atoms with Crippen molar-refractivity contribution >= 4 is 0 Å². The normalized spacial score (nSPS) is 7.33. The molecule has 0 saturated carbocycles. The van der Waals surface area contributed by atoms with Crippen LogP contribution in [0.3, 0.4) is 0 Å². The lowest BCUT2D eigenvalue weighted by Crippen LogP contribution is -1.78. The SMILES string of the molecule is C=C(O)CN=O. The maximum absolute atomic E-state index is 9.14. The minimum Gasteiger partial charge on any atom is -0.511 e. The third-order valence-corrected chi connectivity index (χ3v) is 0.247. The molecular weight excluding hydrogens is 82.0 g/mol. The van der Waals surface area contributed by atoms with Gasteiger partial charge in [0.05, 0.1) is 0 Å². The van der Waals surface area contributed by atoms with Gasteiger partial charge in [0.1, 0.15) is 12.3 Å². The van der Waals surface area contributed by atoms with Crippen LogP contribution in [0.15, 0.2) is 17.5 Å². The predicted molar refractivity (Wildman–Crippen MR) is 22.4 cm³/mol. The zero-order chi connectivity index (χ0) is 4.99. The average molecular weight is 87.1 g/mol. The first-order valence-corrected chi connectivity index (χ1v) is 1.43.